The molecule has 1 atom stereocenters. The molecule has 0 aliphatic heterocycles. The van der Waals surface area contributed by atoms with Crippen molar-refractivity contribution in [3.8, 4) is 5.75 Å². The summed E-state index contributed by atoms with van der Waals surface area (Å²) in [4.78, 5) is 13.3. The highest BCUT2D eigenvalue weighted by atomic mass is 16.5. The van der Waals surface area contributed by atoms with Gasteiger partial charge in [0.05, 0.1) is 12.8 Å². The molecule has 0 saturated carbocycles. The van der Waals surface area contributed by atoms with Crippen molar-refractivity contribution in [2.75, 3.05) is 18.6 Å². The van der Waals surface area contributed by atoms with Crippen LogP contribution < -0.4 is 9.64 Å². The number of aryl methyl sites for hydroxylation is 1. The minimum absolute atomic E-state index is 0.518. The molecule has 0 aliphatic rings. The van der Waals surface area contributed by atoms with Crippen molar-refractivity contribution in [2.24, 2.45) is 0 Å². The van der Waals surface area contributed by atoms with E-state index in [-0.39, 0.29) is 0 Å². The van der Waals surface area contributed by atoms with Crippen molar-refractivity contribution < 1.29 is 14.6 Å². The van der Waals surface area contributed by atoms with Crippen molar-refractivity contribution >= 4 is 11.7 Å². The SMILES string of the molecule is CCCN(c1cc(C)ccc1OC)[C@@H](CC)C(=O)O. The van der Waals surface area contributed by atoms with Gasteiger partial charge in [-0.05, 0) is 37.5 Å². The quantitative estimate of drug-likeness (QED) is 0.823. The monoisotopic (exact) mass is 265 g/mol. The maximum absolute atomic E-state index is 11.4. The zero-order valence-corrected chi connectivity index (χ0v) is 12.1. The summed E-state index contributed by atoms with van der Waals surface area (Å²) in [6.07, 6.45) is 1.45. The maximum Gasteiger partial charge on any atom is 0.326 e. The van der Waals surface area contributed by atoms with Gasteiger partial charge in [-0.2, -0.15) is 0 Å². The predicted octanol–water partition coefficient (Wildman–Crippen LogP) is 3.08. The van der Waals surface area contributed by atoms with E-state index in [0.717, 1.165) is 23.4 Å². The third-order valence-corrected chi connectivity index (χ3v) is 3.16. The Hall–Kier alpha value is -1.71. The van der Waals surface area contributed by atoms with Gasteiger partial charge in [-0.3, -0.25) is 0 Å². The Kier molecular flexibility index (Phi) is 5.67. The average molecular weight is 265 g/mol. The van der Waals surface area contributed by atoms with Crippen LogP contribution in [0.25, 0.3) is 0 Å². The van der Waals surface area contributed by atoms with Gasteiger partial charge in [0.1, 0.15) is 11.8 Å². The number of methoxy groups -OCH3 is 1. The lowest BCUT2D eigenvalue weighted by Crippen LogP contribution is -2.41. The van der Waals surface area contributed by atoms with Crippen molar-refractivity contribution in [2.45, 2.75) is 39.7 Å². The standard InChI is InChI=1S/C15H23NO3/c1-5-9-16(12(6-2)15(17)18)13-10-11(3)7-8-14(13)19-4/h7-8,10,12H,5-6,9H2,1-4H3,(H,17,18)/t12-/m0/s1. The number of benzene rings is 1. The largest absolute Gasteiger partial charge is 0.495 e. The van der Waals surface area contributed by atoms with Crippen molar-refractivity contribution in [3.63, 3.8) is 0 Å². The molecule has 0 spiro atoms. The molecule has 1 rings (SSSR count). The molecule has 0 radical (unpaired) electrons. The van der Waals surface area contributed by atoms with Crippen molar-refractivity contribution in [1.29, 1.82) is 0 Å². The Bertz CT molecular complexity index is 431. The van der Waals surface area contributed by atoms with Gasteiger partial charge in [0.25, 0.3) is 0 Å². The third kappa shape index (κ3) is 3.63. The first-order valence-corrected chi connectivity index (χ1v) is 6.69. The number of hydrogen-bond acceptors (Lipinski definition) is 3. The molecular formula is C15H23NO3. The zero-order chi connectivity index (χ0) is 14.4. The molecule has 0 saturated heterocycles. The number of nitrogens with zero attached hydrogens (tertiary/aromatic N) is 1. The molecule has 0 aliphatic carbocycles. The van der Waals surface area contributed by atoms with E-state index in [0.29, 0.717) is 13.0 Å². The van der Waals surface area contributed by atoms with Crippen LogP contribution in [-0.2, 0) is 4.79 Å². The second-order valence-corrected chi connectivity index (χ2v) is 4.63. The highest BCUT2D eigenvalue weighted by Crippen LogP contribution is 2.31. The van der Waals surface area contributed by atoms with Crippen LogP contribution in [0.15, 0.2) is 18.2 Å². The number of carboxylic acid groups (broad SMARTS) is 1. The zero-order valence-electron chi connectivity index (χ0n) is 12.1. The first-order chi connectivity index (χ1) is 9.04. The predicted molar refractivity (Wildman–Crippen MR) is 77.1 cm³/mol. The maximum atomic E-state index is 11.4. The molecular weight excluding hydrogens is 242 g/mol. The first-order valence-electron chi connectivity index (χ1n) is 6.69. The molecule has 106 valence electrons. The fraction of sp³-hybridized carbons (Fsp3) is 0.533. The van der Waals surface area contributed by atoms with Crippen LogP contribution in [0.4, 0.5) is 5.69 Å². The summed E-state index contributed by atoms with van der Waals surface area (Å²) in [5, 5.41) is 9.38. The Morgan fingerprint density at radius 2 is 2.11 bits per heavy atom. The van der Waals surface area contributed by atoms with Crippen molar-refractivity contribution in [1.82, 2.24) is 0 Å². The summed E-state index contributed by atoms with van der Waals surface area (Å²) in [5.74, 6) is -0.0711. The molecule has 19 heavy (non-hydrogen) atoms. The topological polar surface area (TPSA) is 49.8 Å². The molecule has 0 aromatic heterocycles. The summed E-state index contributed by atoms with van der Waals surface area (Å²) >= 11 is 0. The first kappa shape index (κ1) is 15.3. The van der Waals surface area contributed by atoms with Crippen molar-refractivity contribution in [3.05, 3.63) is 23.8 Å². The highest BCUT2D eigenvalue weighted by molar-refractivity contribution is 5.79. The molecule has 1 N–H and O–H groups in total. The Morgan fingerprint density at radius 3 is 2.58 bits per heavy atom. The van der Waals surface area contributed by atoms with Crippen LogP contribution in [0.3, 0.4) is 0 Å². The third-order valence-electron chi connectivity index (χ3n) is 3.16. The van der Waals surface area contributed by atoms with Crippen LogP contribution in [0.1, 0.15) is 32.3 Å². The molecule has 1 aromatic rings. The molecule has 0 heterocycles. The minimum atomic E-state index is -0.792. The summed E-state index contributed by atoms with van der Waals surface area (Å²) in [5.41, 5.74) is 1.95. The van der Waals surface area contributed by atoms with E-state index in [4.69, 9.17) is 4.74 Å². The molecule has 0 fully saturated rings. The summed E-state index contributed by atoms with van der Waals surface area (Å²) in [6.45, 7) is 6.63. The summed E-state index contributed by atoms with van der Waals surface area (Å²) in [6, 6.07) is 5.33. The van der Waals surface area contributed by atoms with E-state index < -0.39 is 12.0 Å². The number of carbonyl (C=O) groups is 1. The number of hydrogen-bond donors (Lipinski definition) is 1. The van der Waals surface area contributed by atoms with Gasteiger partial charge in [0, 0.05) is 6.54 Å². The van der Waals surface area contributed by atoms with Crippen LogP contribution in [0, 0.1) is 6.92 Å². The number of aliphatic carboxylic acids is 1. The van der Waals surface area contributed by atoms with Crippen LogP contribution >= 0.6 is 0 Å². The van der Waals surface area contributed by atoms with Gasteiger partial charge in [-0.1, -0.05) is 19.9 Å². The molecule has 0 unspecified atom stereocenters. The Labute approximate surface area is 115 Å². The van der Waals surface area contributed by atoms with E-state index in [2.05, 4.69) is 0 Å². The number of rotatable bonds is 7. The summed E-state index contributed by atoms with van der Waals surface area (Å²) in [7, 11) is 1.61. The lowest BCUT2D eigenvalue weighted by molar-refractivity contribution is -0.138. The van der Waals surface area contributed by atoms with Gasteiger partial charge in [0.2, 0.25) is 0 Å². The number of ether oxygens (including phenoxy) is 1. The summed E-state index contributed by atoms with van der Waals surface area (Å²) < 4.78 is 5.37. The van der Waals surface area contributed by atoms with Crippen LogP contribution in [-0.4, -0.2) is 30.8 Å². The van der Waals surface area contributed by atoms with Gasteiger partial charge in [0.15, 0.2) is 0 Å². The molecule has 0 amide bonds. The lowest BCUT2D eigenvalue weighted by atomic mass is 10.1. The lowest BCUT2D eigenvalue weighted by Gasteiger charge is -2.31. The highest BCUT2D eigenvalue weighted by Gasteiger charge is 2.25. The van der Waals surface area contributed by atoms with Crippen LogP contribution in [0.5, 0.6) is 5.75 Å². The molecule has 0 bridgehead atoms. The van der Waals surface area contributed by atoms with E-state index in [1.165, 1.54) is 0 Å². The molecule has 4 heteroatoms. The van der Waals surface area contributed by atoms with E-state index >= 15 is 0 Å². The fourth-order valence-electron chi connectivity index (χ4n) is 2.24. The number of anilines is 1. The molecule has 4 nitrogen and oxygen atoms in total. The second kappa shape index (κ2) is 7.02. The smallest absolute Gasteiger partial charge is 0.326 e. The van der Waals surface area contributed by atoms with Gasteiger partial charge in [-0.25, -0.2) is 4.79 Å². The Balaban J connectivity index is 3.24. The van der Waals surface area contributed by atoms with E-state index in [1.54, 1.807) is 7.11 Å². The average Bonchev–Trinajstić information content (AvgIpc) is 2.38. The van der Waals surface area contributed by atoms with E-state index in [9.17, 15) is 9.90 Å². The van der Waals surface area contributed by atoms with Gasteiger partial charge >= 0.3 is 5.97 Å². The fourth-order valence-corrected chi connectivity index (χ4v) is 2.24. The number of carboxylic acids is 1. The Morgan fingerprint density at radius 1 is 1.42 bits per heavy atom. The normalized spacial score (nSPS) is 12.0. The van der Waals surface area contributed by atoms with Crippen LogP contribution in [0.2, 0.25) is 0 Å². The minimum Gasteiger partial charge on any atom is -0.495 e. The molecule has 1 aromatic carbocycles. The second-order valence-electron chi connectivity index (χ2n) is 4.63. The van der Waals surface area contributed by atoms with Gasteiger partial charge in [-0.15, -0.1) is 0 Å². The van der Waals surface area contributed by atoms with E-state index in [1.807, 2.05) is 43.9 Å². The van der Waals surface area contributed by atoms with Gasteiger partial charge < -0.3 is 14.7 Å².